The SMILES string of the molecule is COCCNC(=O)CCNc1nc(C2CC2)nc2ccccc12. The van der Waals surface area contributed by atoms with Gasteiger partial charge in [0, 0.05) is 37.9 Å². The van der Waals surface area contributed by atoms with E-state index >= 15 is 0 Å². The first kappa shape index (κ1) is 15.7. The van der Waals surface area contributed by atoms with Gasteiger partial charge in [0.2, 0.25) is 5.91 Å². The molecule has 0 unspecified atom stereocenters. The zero-order chi connectivity index (χ0) is 16.1. The maximum absolute atomic E-state index is 11.7. The van der Waals surface area contributed by atoms with Crippen LogP contribution in [0, 0.1) is 0 Å². The maximum atomic E-state index is 11.7. The van der Waals surface area contributed by atoms with Crippen LogP contribution >= 0.6 is 0 Å². The first-order chi connectivity index (χ1) is 11.3. The summed E-state index contributed by atoms with van der Waals surface area (Å²) in [5.74, 6) is 2.24. The van der Waals surface area contributed by atoms with Crippen molar-refractivity contribution in [2.45, 2.75) is 25.2 Å². The number of benzene rings is 1. The predicted molar refractivity (Wildman–Crippen MR) is 89.5 cm³/mol. The Bertz CT molecular complexity index is 685. The number of ether oxygens (including phenoxy) is 1. The summed E-state index contributed by atoms with van der Waals surface area (Å²) in [6.45, 7) is 1.61. The Morgan fingerprint density at radius 2 is 2.09 bits per heavy atom. The third-order valence-electron chi connectivity index (χ3n) is 3.84. The fourth-order valence-electron chi connectivity index (χ4n) is 2.43. The zero-order valence-electron chi connectivity index (χ0n) is 13.3. The maximum Gasteiger partial charge on any atom is 0.221 e. The number of aromatic nitrogens is 2. The second kappa shape index (κ2) is 7.37. The summed E-state index contributed by atoms with van der Waals surface area (Å²) in [4.78, 5) is 21.0. The van der Waals surface area contributed by atoms with Gasteiger partial charge < -0.3 is 15.4 Å². The molecule has 1 fully saturated rings. The van der Waals surface area contributed by atoms with E-state index in [9.17, 15) is 4.79 Å². The van der Waals surface area contributed by atoms with E-state index in [1.54, 1.807) is 7.11 Å². The molecule has 1 aromatic heterocycles. The van der Waals surface area contributed by atoms with E-state index in [2.05, 4.69) is 20.6 Å². The summed E-state index contributed by atoms with van der Waals surface area (Å²) in [6, 6.07) is 7.97. The summed E-state index contributed by atoms with van der Waals surface area (Å²) >= 11 is 0. The van der Waals surface area contributed by atoms with Crippen LogP contribution in [0.25, 0.3) is 10.9 Å². The molecule has 1 amide bonds. The number of hydrogen-bond donors (Lipinski definition) is 2. The average Bonchev–Trinajstić information content (AvgIpc) is 3.40. The Kier molecular flexibility index (Phi) is 5.02. The largest absolute Gasteiger partial charge is 0.383 e. The molecule has 0 atom stereocenters. The van der Waals surface area contributed by atoms with Crippen LogP contribution in [0.1, 0.15) is 31.0 Å². The fraction of sp³-hybridized carbons (Fsp3) is 0.471. The number of nitrogens with zero attached hydrogens (tertiary/aromatic N) is 2. The molecule has 2 aromatic rings. The van der Waals surface area contributed by atoms with Crippen molar-refractivity contribution in [3.63, 3.8) is 0 Å². The number of anilines is 1. The summed E-state index contributed by atoms with van der Waals surface area (Å²) in [6.07, 6.45) is 2.74. The molecule has 0 aliphatic heterocycles. The summed E-state index contributed by atoms with van der Waals surface area (Å²) in [5.41, 5.74) is 0.955. The molecule has 23 heavy (non-hydrogen) atoms. The van der Waals surface area contributed by atoms with Crippen molar-refractivity contribution < 1.29 is 9.53 Å². The Morgan fingerprint density at radius 1 is 1.26 bits per heavy atom. The lowest BCUT2D eigenvalue weighted by Gasteiger charge is -2.10. The second-order valence-corrected chi connectivity index (χ2v) is 5.74. The Balaban J connectivity index is 1.63. The minimum Gasteiger partial charge on any atom is -0.383 e. The molecular formula is C17H22N4O2. The molecular weight excluding hydrogens is 292 g/mol. The van der Waals surface area contributed by atoms with E-state index in [1.807, 2.05) is 24.3 Å². The molecule has 0 radical (unpaired) electrons. The van der Waals surface area contributed by atoms with E-state index in [1.165, 1.54) is 12.8 Å². The van der Waals surface area contributed by atoms with Crippen molar-refractivity contribution in [1.29, 1.82) is 0 Å². The van der Waals surface area contributed by atoms with Crippen LogP contribution in [0.2, 0.25) is 0 Å². The Labute approximate surface area is 135 Å². The number of fused-ring (bicyclic) bond motifs is 1. The number of carbonyl (C=O) groups is 1. The highest BCUT2D eigenvalue weighted by atomic mass is 16.5. The smallest absolute Gasteiger partial charge is 0.221 e. The van der Waals surface area contributed by atoms with E-state index in [4.69, 9.17) is 4.74 Å². The van der Waals surface area contributed by atoms with E-state index in [0.29, 0.717) is 32.0 Å². The van der Waals surface area contributed by atoms with Crippen molar-refractivity contribution in [2.24, 2.45) is 0 Å². The fourth-order valence-corrected chi connectivity index (χ4v) is 2.43. The minimum absolute atomic E-state index is 0.00956. The van der Waals surface area contributed by atoms with Crippen LogP contribution in [-0.4, -0.2) is 42.7 Å². The van der Waals surface area contributed by atoms with Crippen LogP contribution in [0.3, 0.4) is 0 Å². The van der Waals surface area contributed by atoms with Gasteiger partial charge in [-0.2, -0.15) is 0 Å². The van der Waals surface area contributed by atoms with Crippen molar-refractivity contribution in [3.05, 3.63) is 30.1 Å². The highest BCUT2D eigenvalue weighted by molar-refractivity contribution is 5.89. The number of carbonyl (C=O) groups excluding carboxylic acids is 1. The van der Waals surface area contributed by atoms with Crippen molar-refractivity contribution in [1.82, 2.24) is 15.3 Å². The first-order valence-corrected chi connectivity index (χ1v) is 8.04. The molecule has 6 heteroatoms. The lowest BCUT2D eigenvalue weighted by Crippen LogP contribution is -2.28. The van der Waals surface area contributed by atoms with Gasteiger partial charge in [0.1, 0.15) is 11.6 Å². The van der Waals surface area contributed by atoms with E-state index < -0.39 is 0 Å². The molecule has 1 saturated carbocycles. The van der Waals surface area contributed by atoms with Gasteiger partial charge in [-0.1, -0.05) is 12.1 Å². The van der Waals surface area contributed by atoms with Gasteiger partial charge in [-0.3, -0.25) is 4.79 Å². The monoisotopic (exact) mass is 314 g/mol. The zero-order valence-corrected chi connectivity index (χ0v) is 13.3. The molecule has 1 aromatic carbocycles. The summed E-state index contributed by atoms with van der Waals surface area (Å²) in [7, 11) is 1.62. The highest BCUT2D eigenvalue weighted by Gasteiger charge is 2.27. The van der Waals surface area contributed by atoms with Crippen LogP contribution in [-0.2, 0) is 9.53 Å². The molecule has 3 rings (SSSR count). The summed E-state index contributed by atoms with van der Waals surface area (Å²) in [5, 5.41) is 7.10. The lowest BCUT2D eigenvalue weighted by atomic mass is 10.2. The van der Waals surface area contributed by atoms with Crippen LogP contribution in [0.4, 0.5) is 5.82 Å². The normalized spacial score (nSPS) is 14.0. The molecule has 0 bridgehead atoms. The van der Waals surface area contributed by atoms with Crippen molar-refractivity contribution in [3.8, 4) is 0 Å². The van der Waals surface area contributed by atoms with Gasteiger partial charge >= 0.3 is 0 Å². The molecule has 1 aliphatic rings. The standard InChI is InChI=1S/C17H22N4O2/c1-23-11-10-18-15(22)8-9-19-17-13-4-2-3-5-14(13)20-16(21-17)12-6-7-12/h2-5,12H,6-11H2,1H3,(H,18,22)(H,19,20,21). The molecule has 2 N–H and O–H groups in total. The number of nitrogens with one attached hydrogen (secondary N) is 2. The third-order valence-corrected chi connectivity index (χ3v) is 3.84. The average molecular weight is 314 g/mol. The molecule has 0 spiro atoms. The minimum atomic E-state index is 0.00956. The second-order valence-electron chi connectivity index (χ2n) is 5.74. The van der Waals surface area contributed by atoms with E-state index in [0.717, 1.165) is 22.5 Å². The van der Waals surface area contributed by atoms with E-state index in [-0.39, 0.29) is 5.91 Å². The van der Waals surface area contributed by atoms with Gasteiger partial charge in [0.25, 0.3) is 0 Å². The Morgan fingerprint density at radius 3 is 2.87 bits per heavy atom. The van der Waals surface area contributed by atoms with Gasteiger partial charge in [-0.05, 0) is 25.0 Å². The van der Waals surface area contributed by atoms with Crippen LogP contribution < -0.4 is 10.6 Å². The highest BCUT2D eigenvalue weighted by Crippen LogP contribution is 2.39. The molecule has 122 valence electrons. The van der Waals surface area contributed by atoms with Gasteiger partial charge in [-0.15, -0.1) is 0 Å². The number of rotatable bonds is 8. The quantitative estimate of drug-likeness (QED) is 0.730. The number of hydrogen-bond acceptors (Lipinski definition) is 5. The number of methoxy groups -OCH3 is 1. The van der Waals surface area contributed by atoms with Gasteiger partial charge in [0.05, 0.1) is 12.1 Å². The number of para-hydroxylation sites is 1. The number of amides is 1. The molecule has 1 heterocycles. The predicted octanol–water partition coefficient (Wildman–Crippen LogP) is 2.07. The molecule has 0 saturated heterocycles. The van der Waals surface area contributed by atoms with Gasteiger partial charge in [0.15, 0.2) is 0 Å². The van der Waals surface area contributed by atoms with Crippen molar-refractivity contribution >= 4 is 22.6 Å². The topological polar surface area (TPSA) is 76.1 Å². The van der Waals surface area contributed by atoms with Crippen LogP contribution in [0.15, 0.2) is 24.3 Å². The first-order valence-electron chi connectivity index (χ1n) is 8.04. The van der Waals surface area contributed by atoms with Crippen molar-refractivity contribution in [2.75, 3.05) is 32.1 Å². The summed E-state index contributed by atoms with van der Waals surface area (Å²) < 4.78 is 4.91. The third kappa shape index (κ3) is 4.16. The van der Waals surface area contributed by atoms with Gasteiger partial charge in [-0.25, -0.2) is 9.97 Å². The molecule has 6 nitrogen and oxygen atoms in total. The lowest BCUT2D eigenvalue weighted by molar-refractivity contribution is -0.121. The molecule has 1 aliphatic carbocycles. The Hall–Kier alpha value is -2.21. The van der Waals surface area contributed by atoms with Crippen LogP contribution in [0.5, 0.6) is 0 Å².